The molecule has 8 heavy (non-hydrogen) atoms. The van der Waals surface area contributed by atoms with Gasteiger partial charge in [-0.05, 0) is 19.6 Å². The zero-order valence-corrected chi connectivity index (χ0v) is 6.89. The largest absolute Gasteiger partial charge is 0.267 e. The van der Waals surface area contributed by atoms with Gasteiger partial charge in [0, 0.05) is 7.05 Å². The first kappa shape index (κ1) is 7.60. The van der Waals surface area contributed by atoms with Crippen molar-refractivity contribution in [2.75, 3.05) is 7.05 Å². The van der Waals surface area contributed by atoms with Gasteiger partial charge in [0.15, 0.2) is 8.24 Å². The second-order valence-corrected chi connectivity index (χ2v) is 7.17. The van der Waals surface area contributed by atoms with Crippen LogP contribution in [0, 0.1) is 0 Å². The van der Waals surface area contributed by atoms with E-state index < -0.39 is 8.24 Å². The van der Waals surface area contributed by atoms with Crippen LogP contribution in [-0.4, -0.2) is 21.3 Å². The highest BCUT2D eigenvalue weighted by Gasteiger charge is 2.08. The third-order valence-corrected chi connectivity index (χ3v) is 1.26. The third kappa shape index (κ3) is 5.60. The summed E-state index contributed by atoms with van der Waals surface area (Å²) in [5.74, 6) is 0. The zero-order chi connectivity index (χ0) is 6.62. The van der Waals surface area contributed by atoms with E-state index in [1.54, 1.807) is 7.05 Å². The molecule has 0 aliphatic heterocycles. The highest BCUT2D eigenvalue weighted by molar-refractivity contribution is 6.75. The Kier molecular flexibility index (Phi) is 2.66. The molecule has 0 atom stereocenters. The van der Waals surface area contributed by atoms with E-state index in [0.29, 0.717) is 0 Å². The lowest BCUT2D eigenvalue weighted by Gasteiger charge is -2.02. The molecule has 0 aromatic heterocycles. The Balaban J connectivity index is 3.89. The van der Waals surface area contributed by atoms with Crippen molar-refractivity contribution in [1.82, 2.24) is 0 Å². The predicted octanol–water partition coefficient (Wildman–Crippen LogP) is 1.62. The van der Waals surface area contributed by atoms with E-state index in [-0.39, 0.29) is 0 Å². The standard InChI is InChI=1S/C5H12N2Si/c1-6-5-7-8(2,3)4/h1-4H3. The van der Waals surface area contributed by atoms with Gasteiger partial charge in [-0.15, -0.1) is 0 Å². The van der Waals surface area contributed by atoms with E-state index in [1.165, 1.54) is 0 Å². The fourth-order valence-corrected chi connectivity index (χ4v) is 0.600. The Morgan fingerprint density at radius 2 is 1.75 bits per heavy atom. The summed E-state index contributed by atoms with van der Waals surface area (Å²) in [5, 5.41) is 0. The first-order chi connectivity index (χ1) is 3.56. The normalized spacial score (nSPS) is 10.0. The smallest absolute Gasteiger partial charge is 0.186 e. The molecule has 0 aromatic carbocycles. The minimum atomic E-state index is -1.26. The zero-order valence-electron chi connectivity index (χ0n) is 5.89. The summed E-state index contributed by atoms with van der Waals surface area (Å²) in [6, 6.07) is 2.60. The summed E-state index contributed by atoms with van der Waals surface area (Å²) in [6.07, 6.45) is 0. The average molecular weight is 128 g/mol. The van der Waals surface area contributed by atoms with Crippen molar-refractivity contribution in [3.63, 3.8) is 0 Å². The molecule has 2 nitrogen and oxygen atoms in total. The summed E-state index contributed by atoms with van der Waals surface area (Å²) < 4.78 is 4.10. The van der Waals surface area contributed by atoms with Crippen LogP contribution < -0.4 is 0 Å². The maximum Gasteiger partial charge on any atom is 0.186 e. The summed E-state index contributed by atoms with van der Waals surface area (Å²) in [6.45, 7) is 6.43. The van der Waals surface area contributed by atoms with Gasteiger partial charge in [-0.1, -0.05) is 0 Å². The maximum atomic E-state index is 4.10. The molecular weight excluding hydrogens is 116 g/mol. The Hall–Kier alpha value is -0.403. The van der Waals surface area contributed by atoms with E-state index >= 15 is 0 Å². The molecule has 0 heterocycles. The number of hydrogen-bond donors (Lipinski definition) is 0. The van der Waals surface area contributed by atoms with Crippen LogP contribution in [0.4, 0.5) is 0 Å². The Morgan fingerprint density at radius 3 is 1.88 bits per heavy atom. The molecule has 0 rings (SSSR count). The van der Waals surface area contributed by atoms with Crippen LogP contribution in [0.1, 0.15) is 0 Å². The van der Waals surface area contributed by atoms with Crippen molar-refractivity contribution in [3.05, 3.63) is 0 Å². The molecule has 0 bridgehead atoms. The number of aliphatic imine (C=N–C) groups is 1. The lowest BCUT2D eigenvalue weighted by atomic mass is 11.4. The fraction of sp³-hybridized carbons (Fsp3) is 0.800. The van der Waals surface area contributed by atoms with Crippen molar-refractivity contribution in [2.24, 2.45) is 9.65 Å². The van der Waals surface area contributed by atoms with Gasteiger partial charge >= 0.3 is 0 Å². The Morgan fingerprint density at radius 1 is 1.25 bits per heavy atom. The van der Waals surface area contributed by atoms with Gasteiger partial charge < -0.3 is 0 Å². The van der Waals surface area contributed by atoms with Crippen LogP contribution in [0.2, 0.25) is 19.6 Å². The number of nitrogens with zero attached hydrogens (tertiary/aromatic N) is 2. The summed E-state index contributed by atoms with van der Waals surface area (Å²) in [5.41, 5.74) is 0. The van der Waals surface area contributed by atoms with Crippen LogP contribution in [0.3, 0.4) is 0 Å². The molecule has 0 unspecified atom stereocenters. The van der Waals surface area contributed by atoms with Crippen molar-refractivity contribution in [1.29, 1.82) is 0 Å². The van der Waals surface area contributed by atoms with Crippen LogP contribution in [0.15, 0.2) is 9.65 Å². The number of rotatable bonds is 1. The van der Waals surface area contributed by atoms with Crippen LogP contribution >= 0.6 is 0 Å². The quantitative estimate of drug-likeness (QED) is 0.379. The molecular formula is C5H12N2Si. The molecule has 0 aliphatic carbocycles. The Bertz CT molecular complexity index is 117. The second-order valence-electron chi connectivity index (χ2n) is 2.61. The van der Waals surface area contributed by atoms with Crippen LogP contribution in [-0.2, 0) is 0 Å². The van der Waals surface area contributed by atoms with Crippen molar-refractivity contribution < 1.29 is 0 Å². The minimum Gasteiger partial charge on any atom is -0.267 e. The second kappa shape index (κ2) is 2.80. The summed E-state index contributed by atoms with van der Waals surface area (Å²) in [4.78, 5) is 3.64. The van der Waals surface area contributed by atoms with Gasteiger partial charge in [-0.2, -0.15) is 0 Å². The average Bonchev–Trinajstić information content (AvgIpc) is 1.59. The maximum absolute atomic E-state index is 4.10. The van der Waals surface area contributed by atoms with Crippen LogP contribution in [0.5, 0.6) is 0 Å². The van der Waals surface area contributed by atoms with Crippen molar-refractivity contribution >= 4 is 14.2 Å². The van der Waals surface area contributed by atoms with Gasteiger partial charge in [0.2, 0.25) is 0 Å². The van der Waals surface area contributed by atoms with Gasteiger partial charge in [0.25, 0.3) is 0 Å². The molecule has 0 radical (unpaired) electrons. The van der Waals surface area contributed by atoms with Crippen LogP contribution in [0.25, 0.3) is 0 Å². The molecule has 0 amide bonds. The van der Waals surface area contributed by atoms with Gasteiger partial charge in [0.05, 0.1) is 6.01 Å². The predicted molar refractivity (Wildman–Crippen MR) is 39.1 cm³/mol. The molecule has 0 fully saturated rings. The van der Waals surface area contributed by atoms with Gasteiger partial charge in [-0.3, -0.25) is 4.66 Å². The molecule has 0 spiro atoms. The van der Waals surface area contributed by atoms with E-state index in [1.807, 2.05) is 0 Å². The topological polar surface area (TPSA) is 24.7 Å². The molecule has 0 saturated heterocycles. The first-order valence-corrected chi connectivity index (χ1v) is 6.07. The molecule has 0 N–H and O–H groups in total. The van der Waals surface area contributed by atoms with E-state index in [4.69, 9.17) is 0 Å². The van der Waals surface area contributed by atoms with Gasteiger partial charge in [0.1, 0.15) is 0 Å². The number of hydrogen-bond acceptors (Lipinski definition) is 2. The summed E-state index contributed by atoms with van der Waals surface area (Å²) in [7, 11) is 0.426. The monoisotopic (exact) mass is 128 g/mol. The van der Waals surface area contributed by atoms with E-state index in [0.717, 1.165) is 0 Å². The lowest BCUT2D eigenvalue weighted by Crippen LogP contribution is -2.15. The highest BCUT2D eigenvalue weighted by Crippen LogP contribution is 1.98. The summed E-state index contributed by atoms with van der Waals surface area (Å²) >= 11 is 0. The molecule has 0 aromatic rings. The Labute approximate surface area is 51.5 Å². The van der Waals surface area contributed by atoms with E-state index in [2.05, 4.69) is 35.3 Å². The highest BCUT2D eigenvalue weighted by atomic mass is 28.3. The van der Waals surface area contributed by atoms with Crippen molar-refractivity contribution in [3.8, 4) is 0 Å². The molecule has 3 heteroatoms. The molecule has 0 saturated carbocycles. The molecule has 0 aliphatic rings. The van der Waals surface area contributed by atoms with Crippen molar-refractivity contribution in [2.45, 2.75) is 19.6 Å². The minimum absolute atomic E-state index is 1.26. The van der Waals surface area contributed by atoms with Gasteiger partial charge in [-0.25, -0.2) is 4.99 Å². The lowest BCUT2D eigenvalue weighted by molar-refractivity contribution is 1.45. The SMILES string of the molecule is CN=C=N[Si](C)(C)C. The third-order valence-electron chi connectivity index (χ3n) is 0.485. The first-order valence-electron chi connectivity index (χ1n) is 2.62. The van der Waals surface area contributed by atoms with E-state index in [9.17, 15) is 0 Å². The molecule has 46 valence electrons. The fourth-order valence-electron chi connectivity index (χ4n) is 0.200.